The molecule has 4 heteroatoms. The van der Waals surface area contributed by atoms with E-state index in [4.69, 9.17) is 4.52 Å². The lowest BCUT2D eigenvalue weighted by molar-refractivity contribution is 0.204. The molecule has 92 valence electrons. The predicted molar refractivity (Wildman–Crippen MR) is 64.3 cm³/mol. The van der Waals surface area contributed by atoms with Crippen LogP contribution in [0.15, 0.2) is 0 Å². The summed E-state index contributed by atoms with van der Waals surface area (Å²) < 4.78 is 16.4. The minimum absolute atomic E-state index is 0.166. The zero-order chi connectivity index (χ0) is 11.7. The summed E-state index contributed by atoms with van der Waals surface area (Å²) in [6.07, 6.45) is 6.86. The van der Waals surface area contributed by atoms with Crippen molar-refractivity contribution in [2.75, 3.05) is 6.16 Å². The van der Waals surface area contributed by atoms with Crippen molar-refractivity contribution in [3.05, 3.63) is 0 Å². The second-order valence-corrected chi connectivity index (χ2v) is 6.22. The average molecular weight is 236 g/mol. The van der Waals surface area contributed by atoms with E-state index in [-0.39, 0.29) is 6.10 Å². The maximum atomic E-state index is 11.4. The number of hydrogen-bond donors (Lipinski definition) is 1. The van der Waals surface area contributed by atoms with E-state index < -0.39 is 7.60 Å². The first-order valence-corrected chi connectivity index (χ1v) is 7.74. The fourth-order valence-electron chi connectivity index (χ4n) is 1.47. The maximum absolute atomic E-state index is 11.4. The Balaban J connectivity index is 3.45. The Morgan fingerprint density at radius 1 is 1.13 bits per heavy atom. The number of unbranched alkanes of at least 4 members (excludes halogenated alkanes) is 5. The first kappa shape index (κ1) is 15.2. The van der Waals surface area contributed by atoms with Gasteiger partial charge in [0.15, 0.2) is 0 Å². The molecule has 0 heterocycles. The van der Waals surface area contributed by atoms with Crippen LogP contribution in [0.1, 0.15) is 59.3 Å². The fourth-order valence-corrected chi connectivity index (χ4v) is 2.86. The molecule has 0 aromatic carbocycles. The van der Waals surface area contributed by atoms with E-state index in [2.05, 4.69) is 6.92 Å². The standard InChI is InChI=1S/C11H25O3P/c1-4-5-6-7-8-9-10-15(12,13)14-11(2)3/h11H,4-10H2,1-3H3,(H,12,13). The van der Waals surface area contributed by atoms with Crippen LogP contribution in [0.3, 0.4) is 0 Å². The number of rotatable bonds is 9. The first-order valence-electron chi connectivity index (χ1n) is 5.98. The van der Waals surface area contributed by atoms with Crippen molar-refractivity contribution >= 4 is 7.60 Å². The molecule has 3 nitrogen and oxygen atoms in total. The number of hydrogen-bond acceptors (Lipinski definition) is 2. The molecule has 0 aliphatic heterocycles. The highest BCUT2D eigenvalue weighted by Crippen LogP contribution is 2.44. The van der Waals surface area contributed by atoms with E-state index in [9.17, 15) is 9.46 Å². The molecule has 15 heavy (non-hydrogen) atoms. The van der Waals surface area contributed by atoms with Crippen molar-refractivity contribution in [1.82, 2.24) is 0 Å². The lowest BCUT2D eigenvalue weighted by Gasteiger charge is -2.14. The summed E-state index contributed by atoms with van der Waals surface area (Å²) in [5.41, 5.74) is 0. The van der Waals surface area contributed by atoms with Crippen LogP contribution in [-0.4, -0.2) is 17.2 Å². The van der Waals surface area contributed by atoms with Crippen molar-refractivity contribution in [2.45, 2.75) is 65.4 Å². The minimum Gasteiger partial charge on any atom is -0.324 e. The monoisotopic (exact) mass is 236 g/mol. The third kappa shape index (κ3) is 10.4. The molecule has 0 saturated carbocycles. The molecule has 1 unspecified atom stereocenters. The summed E-state index contributed by atoms with van der Waals surface area (Å²) in [6.45, 7) is 5.74. The van der Waals surface area contributed by atoms with Crippen LogP contribution >= 0.6 is 7.60 Å². The van der Waals surface area contributed by atoms with Crippen molar-refractivity contribution in [1.29, 1.82) is 0 Å². The summed E-state index contributed by atoms with van der Waals surface area (Å²) in [5, 5.41) is 0. The zero-order valence-corrected chi connectivity index (χ0v) is 11.1. The van der Waals surface area contributed by atoms with Crippen LogP contribution in [-0.2, 0) is 9.09 Å². The van der Waals surface area contributed by atoms with E-state index in [0.29, 0.717) is 6.16 Å². The van der Waals surface area contributed by atoms with Gasteiger partial charge in [0, 0.05) is 6.16 Å². The molecule has 0 saturated heterocycles. The van der Waals surface area contributed by atoms with Gasteiger partial charge in [-0.15, -0.1) is 0 Å². The van der Waals surface area contributed by atoms with Crippen molar-refractivity contribution < 1.29 is 14.0 Å². The van der Waals surface area contributed by atoms with Crippen LogP contribution in [0.25, 0.3) is 0 Å². The van der Waals surface area contributed by atoms with Gasteiger partial charge in [-0.3, -0.25) is 4.57 Å². The van der Waals surface area contributed by atoms with Gasteiger partial charge in [0.05, 0.1) is 6.10 Å². The Morgan fingerprint density at radius 3 is 2.20 bits per heavy atom. The Kier molecular flexibility index (Phi) is 8.40. The summed E-state index contributed by atoms with van der Waals surface area (Å²) in [6, 6.07) is 0. The largest absolute Gasteiger partial charge is 0.328 e. The molecular formula is C11H25O3P. The predicted octanol–water partition coefficient (Wildman–Crippen LogP) is 3.96. The molecule has 1 atom stereocenters. The van der Waals surface area contributed by atoms with Gasteiger partial charge < -0.3 is 9.42 Å². The lowest BCUT2D eigenvalue weighted by Crippen LogP contribution is -2.02. The minimum atomic E-state index is -3.30. The molecule has 0 spiro atoms. The normalized spacial score (nSPS) is 15.5. The topological polar surface area (TPSA) is 46.5 Å². The molecule has 1 N–H and O–H groups in total. The van der Waals surface area contributed by atoms with Gasteiger partial charge in [-0.05, 0) is 20.3 Å². The smallest absolute Gasteiger partial charge is 0.324 e. The van der Waals surface area contributed by atoms with E-state index >= 15 is 0 Å². The molecular weight excluding hydrogens is 211 g/mol. The summed E-state index contributed by atoms with van der Waals surface area (Å²) >= 11 is 0. The third-order valence-electron chi connectivity index (χ3n) is 2.17. The average Bonchev–Trinajstić information content (AvgIpc) is 2.08. The van der Waals surface area contributed by atoms with E-state index in [0.717, 1.165) is 19.3 Å². The van der Waals surface area contributed by atoms with Crippen LogP contribution in [0.5, 0.6) is 0 Å². The maximum Gasteiger partial charge on any atom is 0.328 e. The van der Waals surface area contributed by atoms with Gasteiger partial charge in [-0.1, -0.05) is 39.0 Å². The molecule has 0 amide bonds. The van der Waals surface area contributed by atoms with Gasteiger partial charge in [-0.25, -0.2) is 0 Å². The SMILES string of the molecule is CCCCCCCCP(=O)(O)OC(C)C. The van der Waals surface area contributed by atoms with E-state index in [1.807, 2.05) is 0 Å². The van der Waals surface area contributed by atoms with Crippen molar-refractivity contribution in [3.63, 3.8) is 0 Å². The second-order valence-electron chi connectivity index (χ2n) is 4.28. The molecule has 0 aliphatic rings. The van der Waals surface area contributed by atoms with Gasteiger partial charge in [0.1, 0.15) is 0 Å². The zero-order valence-electron chi connectivity index (χ0n) is 10.2. The van der Waals surface area contributed by atoms with Crippen LogP contribution in [0.4, 0.5) is 0 Å². The van der Waals surface area contributed by atoms with Gasteiger partial charge >= 0.3 is 7.60 Å². The quantitative estimate of drug-likeness (QED) is 0.487. The molecule has 0 aromatic rings. The summed E-state index contributed by atoms with van der Waals surface area (Å²) in [5.74, 6) is 0. The Morgan fingerprint density at radius 2 is 1.67 bits per heavy atom. The van der Waals surface area contributed by atoms with Gasteiger partial charge in [0.2, 0.25) is 0 Å². The Hall–Kier alpha value is 0.150. The summed E-state index contributed by atoms with van der Waals surface area (Å²) in [4.78, 5) is 9.42. The fraction of sp³-hybridized carbons (Fsp3) is 1.00. The van der Waals surface area contributed by atoms with Crippen LogP contribution < -0.4 is 0 Å². The first-order chi connectivity index (χ1) is 6.98. The molecule has 0 radical (unpaired) electrons. The molecule has 0 aromatic heterocycles. The Bertz CT molecular complexity index is 192. The van der Waals surface area contributed by atoms with E-state index in [1.165, 1.54) is 19.3 Å². The lowest BCUT2D eigenvalue weighted by atomic mass is 10.1. The van der Waals surface area contributed by atoms with Crippen LogP contribution in [0.2, 0.25) is 0 Å². The van der Waals surface area contributed by atoms with E-state index in [1.54, 1.807) is 13.8 Å². The Labute approximate surface area is 93.8 Å². The third-order valence-corrected chi connectivity index (χ3v) is 3.80. The van der Waals surface area contributed by atoms with Crippen molar-refractivity contribution in [2.24, 2.45) is 0 Å². The highest BCUT2D eigenvalue weighted by Gasteiger charge is 2.19. The van der Waals surface area contributed by atoms with Crippen molar-refractivity contribution in [3.8, 4) is 0 Å². The molecule has 0 aliphatic carbocycles. The van der Waals surface area contributed by atoms with Gasteiger partial charge in [0.25, 0.3) is 0 Å². The second kappa shape index (κ2) is 8.32. The molecule has 0 rings (SSSR count). The molecule has 0 fully saturated rings. The molecule has 0 bridgehead atoms. The summed E-state index contributed by atoms with van der Waals surface area (Å²) in [7, 11) is -3.30. The highest BCUT2D eigenvalue weighted by atomic mass is 31.2. The van der Waals surface area contributed by atoms with Gasteiger partial charge in [-0.2, -0.15) is 0 Å². The van der Waals surface area contributed by atoms with Crippen LogP contribution in [0, 0.1) is 0 Å². The highest BCUT2D eigenvalue weighted by molar-refractivity contribution is 7.52.